The van der Waals surface area contributed by atoms with Gasteiger partial charge >= 0.3 is 0 Å². The van der Waals surface area contributed by atoms with E-state index in [0.717, 1.165) is 19.3 Å². The fourth-order valence-corrected chi connectivity index (χ4v) is 2.89. The molecule has 19 heavy (non-hydrogen) atoms. The van der Waals surface area contributed by atoms with E-state index in [4.69, 9.17) is 18.9 Å². The van der Waals surface area contributed by atoms with Crippen LogP contribution in [0.25, 0.3) is 0 Å². The molecule has 0 aliphatic carbocycles. The summed E-state index contributed by atoms with van der Waals surface area (Å²) in [7, 11) is 0. The molecule has 4 heteroatoms. The Balaban J connectivity index is 1.83. The number of unbranched alkanes of at least 4 members (excludes halogenated alkanes) is 3. The van der Waals surface area contributed by atoms with Crippen molar-refractivity contribution in [2.75, 3.05) is 26.4 Å². The highest BCUT2D eigenvalue weighted by atomic mass is 16.7. The highest BCUT2D eigenvalue weighted by Crippen LogP contribution is 2.33. The molecule has 2 unspecified atom stereocenters. The molecule has 2 fully saturated rings. The summed E-state index contributed by atoms with van der Waals surface area (Å²) in [6.45, 7) is 7.09. The number of rotatable bonds is 7. The minimum atomic E-state index is -0.423. The largest absolute Gasteiger partial charge is 0.373 e. The van der Waals surface area contributed by atoms with E-state index in [1.165, 1.54) is 19.3 Å². The van der Waals surface area contributed by atoms with Crippen molar-refractivity contribution in [2.24, 2.45) is 0 Å². The Bertz CT molecular complexity index is 251. The summed E-state index contributed by atoms with van der Waals surface area (Å²) in [5.74, 6) is -0.423. The fourth-order valence-electron chi connectivity index (χ4n) is 2.89. The minimum absolute atomic E-state index is 0.0954. The quantitative estimate of drug-likeness (QED) is 0.668. The number of hydrogen-bond donors (Lipinski definition) is 0. The van der Waals surface area contributed by atoms with Gasteiger partial charge < -0.3 is 18.9 Å². The second-order valence-corrected chi connectivity index (χ2v) is 5.61. The summed E-state index contributed by atoms with van der Waals surface area (Å²) in [6, 6.07) is 0. The second kappa shape index (κ2) is 7.58. The van der Waals surface area contributed by atoms with Crippen LogP contribution in [-0.2, 0) is 18.9 Å². The van der Waals surface area contributed by atoms with E-state index in [-0.39, 0.29) is 12.2 Å². The van der Waals surface area contributed by atoms with Crippen molar-refractivity contribution in [2.45, 2.75) is 70.4 Å². The van der Waals surface area contributed by atoms with Crippen LogP contribution in [0.2, 0.25) is 0 Å². The lowest BCUT2D eigenvalue weighted by molar-refractivity contribution is -0.215. The third-order valence-corrected chi connectivity index (χ3v) is 4.06. The summed E-state index contributed by atoms with van der Waals surface area (Å²) >= 11 is 0. The van der Waals surface area contributed by atoms with Crippen LogP contribution in [0, 0.1) is 0 Å². The Labute approximate surface area is 116 Å². The molecule has 2 rings (SSSR count). The summed E-state index contributed by atoms with van der Waals surface area (Å²) in [4.78, 5) is 0. The minimum Gasteiger partial charge on any atom is -0.373 e. The number of hydrogen-bond acceptors (Lipinski definition) is 4. The van der Waals surface area contributed by atoms with E-state index in [0.29, 0.717) is 26.4 Å². The van der Waals surface area contributed by atoms with E-state index < -0.39 is 5.79 Å². The monoisotopic (exact) mass is 272 g/mol. The first-order chi connectivity index (χ1) is 9.26. The topological polar surface area (TPSA) is 36.9 Å². The molecule has 0 radical (unpaired) electrons. The van der Waals surface area contributed by atoms with Gasteiger partial charge in [-0.25, -0.2) is 0 Å². The molecule has 2 aliphatic rings. The molecule has 0 aromatic rings. The van der Waals surface area contributed by atoms with Crippen LogP contribution in [0.3, 0.4) is 0 Å². The van der Waals surface area contributed by atoms with Crippen molar-refractivity contribution in [1.82, 2.24) is 0 Å². The molecule has 112 valence electrons. The van der Waals surface area contributed by atoms with Crippen molar-refractivity contribution < 1.29 is 18.9 Å². The van der Waals surface area contributed by atoms with E-state index in [2.05, 4.69) is 13.8 Å². The van der Waals surface area contributed by atoms with Crippen LogP contribution in [0.15, 0.2) is 0 Å². The van der Waals surface area contributed by atoms with Gasteiger partial charge in [-0.15, -0.1) is 0 Å². The maximum absolute atomic E-state index is 5.91. The van der Waals surface area contributed by atoms with Crippen LogP contribution >= 0.6 is 0 Å². The first-order valence-corrected chi connectivity index (χ1v) is 7.77. The zero-order valence-corrected chi connectivity index (χ0v) is 12.4. The van der Waals surface area contributed by atoms with Crippen LogP contribution in [0.5, 0.6) is 0 Å². The molecule has 0 amide bonds. The highest BCUT2D eigenvalue weighted by Gasteiger charge is 2.41. The van der Waals surface area contributed by atoms with Gasteiger partial charge in [-0.2, -0.15) is 0 Å². The van der Waals surface area contributed by atoms with Gasteiger partial charge in [0.25, 0.3) is 0 Å². The van der Waals surface area contributed by atoms with Gasteiger partial charge in [0, 0.05) is 12.8 Å². The van der Waals surface area contributed by atoms with Crippen LogP contribution in [-0.4, -0.2) is 44.4 Å². The highest BCUT2D eigenvalue weighted by molar-refractivity contribution is 4.82. The molecule has 2 heterocycles. The van der Waals surface area contributed by atoms with E-state index >= 15 is 0 Å². The molecular weight excluding hydrogens is 244 g/mol. The summed E-state index contributed by atoms with van der Waals surface area (Å²) in [5.41, 5.74) is 0. The third kappa shape index (κ3) is 4.42. The molecule has 0 aromatic carbocycles. The average Bonchev–Trinajstić information content (AvgIpc) is 2.87. The molecule has 0 saturated carbocycles. The maximum atomic E-state index is 5.91. The molecule has 2 saturated heterocycles. The van der Waals surface area contributed by atoms with Crippen LogP contribution in [0.4, 0.5) is 0 Å². The summed E-state index contributed by atoms with van der Waals surface area (Å²) in [5, 5.41) is 0. The van der Waals surface area contributed by atoms with Gasteiger partial charge in [-0.3, -0.25) is 0 Å². The Morgan fingerprint density at radius 2 is 1.68 bits per heavy atom. The van der Waals surface area contributed by atoms with Crippen LogP contribution < -0.4 is 0 Å². The van der Waals surface area contributed by atoms with Crippen LogP contribution in [0.1, 0.15) is 52.4 Å². The van der Waals surface area contributed by atoms with Gasteiger partial charge in [0.05, 0.1) is 38.6 Å². The molecule has 2 aliphatic heterocycles. The second-order valence-electron chi connectivity index (χ2n) is 5.61. The normalized spacial score (nSPS) is 30.6. The van der Waals surface area contributed by atoms with Gasteiger partial charge in [0.1, 0.15) is 0 Å². The Kier molecular flexibility index (Phi) is 6.07. The molecule has 0 bridgehead atoms. The lowest BCUT2D eigenvalue weighted by Gasteiger charge is -2.36. The number of ether oxygens (including phenoxy) is 4. The van der Waals surface area contributed by atoms with Gasteiger partial charge in [-0.1, -0.05) is 26.2 Å². The van der Waals surface area contributed by atoms with E-state index in [1.807, 2.05) is 0 Å². The predicted octanol–water partition coefficient (Wildman–Crippen LogP) is 2.89. The molecular formula is C15H28O4. The predicted molar refractivity (Wildman–Crippen MR) is 73.2 cm³/mol. The Hall–Kier alpha value is -0.160. The first kappa shape index (κ1) is 15.2. The van der Waals surface area contributed by atoms with E-state index in [9.17, 15) is 0 Å². The Morgan fingerprint density at radius 1 is 0.947 bits per heavy atom. The molecule has 0 spiro atoms. The van der Waals surface area contributed by atoms with Gasteiger partial charge in [0.15, 0.2) is 5.79 Å². The molecule has 2 atom stereocenters. The first-order valence-electron chi connectivity index (χ1n) is 7.77. The summed E-state index contributed by atoms with van der Waals surface area (Å²) < 4.78 is 23.3. The average molecular weight is 272 g/mol. The van der Waals surface area contributed by atoms with Crippen molar-refractivity contribution in [3.8, 4) is 0 Å². The maximum Gasteiger partial charge on any atom is 0.171 e. The zero-order chi connectivity index (χ0) is 13.6. The summed E-state index contributed by atoms with van der Waals surface area (Å²) in [6.07, 6.45) is 6.95. The zero-order valence-electron chi connectivity index (χ0n) is 12.4. The standard InChI is InChI=1S/C15H28O4/c1-3-4-5-6-7-15(18-10-11-19-15)12-14-13(2)16-8-9-17-14/h13-14H,3-12H2,1-2H3. The lowest BCUT2D eigenvalue weighted by Crippen LogP contribution is -2.44. The van der Waals surface area contributed by atoms with Crippen molar-refractivity contribution in [3.63, 3.8) is 0 Å². The SMILES string of the molecule is CCCCCCC1(CC2OCCOC2C)OCCO1. The Morgan fingerprint density at radius 3 is 2.37 bits per heavy atom. The van der Waals surface area contributed by atoms with Crippen molar-refractivity contribution in [3.05, 3.63) is 0 Å². The van der Waals surface area contributed by atoms with Crippen molar-refractivity contribution >= 4 is 0 Å². The molecule has 0 aromatic heterocycles. The fraction of sp³-hybridized carbons (Fsp3) is 1.00. The smallest absolute Gasteiger partial charge is 0.171 e. The third-order valence-electron chi connectivity index (χ3n) is 4.06. The van der Waals surface area contributed by atoms with Gasteiger partial charge in [0.2, 0.25) is 0 Å². The van der Waals surface area contributed by atoms with Gasteiger partial charge in [-0.05, 0) is 13.3 Å². The van der Waals surface area contributed by atoms with Crippen molar-refractivity contribution in [1.29, 1.82) is 0 Å². The van der Waals surface area contributed by atoms with E-state index in [1.54, 1.807) is 0 Å². The molecule has 4 nitrogen and oxygen atoms in total. The lowest BCUT2D eigenvalue weighted by atomic mass is 9.98. The molecule has 0 N–H and O–H groups in total.